The Balaban J connectivity index is 1.79. The predicted molar refractivity (Wildman–Crippen MR) is 160 cm³/mol. The number of hydrogen-bond donors (Lipinski definition) is 1. The molecule has 2 unspecified atom stereocenters. The molecular formula is C31H42N4O2S. The van der Waals surface area contributed by atoms with Gasteiger partial charge >= 0.3 is 0 Å². The smallest absolute Gasteiger partial charge is 0.257 e. The van der Waals surface area contributed by atoms with Gasteiger partial charge in [0.15, 0.2) is 0 Å². The molecule has 1 aliphatic rings. The lowest BCUT2D eigenvalue weighted by Crippen LogP contribution is -2.34. The number of thioether (sulfide) groups is 1. The number of allylic oxidation sites excluding steroid dienone is 1. The van der Waals surface area contributed by atoms with Crippen LogP contribution in [0.5, 0.6) is 5.75 Å². The fourth-order valence-electron chi connectivity index (χ4n) is 4.57. The molecule has 0 saturated carbocycles. The molecule has 7 heteroatoms. The Bertz CT molecular complexity index is 1110. The van der Waals surface area contributed by atoms with Crippen molar-refractivity contribution < 1.29 is 9.53 Å². The summed E-state index contributed by atoms with van der Waals surface area (Å²) < 4.78 is 6.38. The van der Waals surface area contributed by atoms with Crippen molar-refractivity contribution in [1.82, 2.24) is 15.1 Å². The van der Waals surface area contributed by atoms with Crippen LogP contribution in [0.15, 0.2) is 82.5 Å². The lowest BCUT2D eigenvalue weighted by molar-refractivity contribution is -0.126. The lowest BCUT2D eigenvalue weighted by atomic mass is 9.98. The molecule has 204 valence electrons. The van der Waals surface area contributed by atoms with E-state index in [4.69, 9.17) is 4.74 Å². The number of aliphatic imine (C=N–C) groups is 1. The zero-order chi connectivity index (χ0) is 27.5. The van der Waals surface area contributed by atoms with Crippen LogP contribution >= 0.6 is 11.8 Å². The number of likely N-dealkylation sites (N-methyl/N-ethyl adjacent to an activating group) is 1. The Morgan fingerprint density at radius 2 is 1.89 bits per heavy atom. The minimum absolute atomic E-state index is 0.0128. The minimum Gasteiger partial charge on any atom is -0.486 e. The molecule has 1 N–H and O–H groups in total. The standard InChI is InChI=1S/C31H42N4O2S/c1-7-23(2)30-28(21-33-24(3)38-6)31(36)35(20-19-34(30)5)22-25-13-15-27(16-14-25)37-29(17-18-32-4)26-11-9-8-10-12-26/h8-16,21,23,29,32H,3,7,17-20,22H2,1-2,4-6H3/b33-21-. The second kappa shape index (κ2) is 14.8. The molecule has 2 atom stereocenters. The van der Waals surface area contributed by atoms with E-state index in [0.717, 1.165) is 48.5 Å². The van der Waals surface area contributed by atoms with Gasteiger partial charge in [0.05, 0.1) is 10.6 Å². The number of rotatable bonds is 13. The van der Waals surface area contributed by atoms with Gasteiger partial charge < -0.3 is 19.9 Å². The first kappa shape index (κ1) is 29.5. The fourth-order valence-corrected chi connectivity index (χ4v) is 4.73. The van der Waals surface area contributed by atoms with Gasteiger partial charge in [-0.2, -0.15) is 0 Å². The summed E-state index contributed by atoms with van der Waals surface area (Å²) in [5.74, 6) is 1.09. The number of nitrogens with one attached hydrogen (secondary N) is 1. The molecule has 38 heavy (non-hydrogen) atoms. The Morgan fingerprint density at radius 1 is 1.18 bits per heavy atom. The molecule has 0 aromatic heterocycles. The number of hydrogen-bond acceptors (Lipinski definition) is 6. The third kappa shape index (κ3) is 7.98. The summed E-state index contributed by atoms with van der Waals surface area (Å²) in [5.41, 5.74) is 3.93. The van der Waals surface area contributed by atoms with Gasteiger partial charge in [-0.05, 0) is 55.4 Å². The summed E-state index contributed by atoms with van der Waals surface area (Å²) >= 11 is 1.48. The summed E-state index contributed by atoms with van der Waals surface area (Å²) in [5, 5.41) is 3.90. The normalized spacial score (nSPS) is 16.1. The van der Waals surface area contributed by atoms with Crippen molar-refractivity contribution in [2.24, 2.45) is 10.9 Å². The highest BCUT2D eigenvalue weighted by Crippen LogP contribution is 2.28. The van der Waals surface area contributed by atoms with Crippen LogP contribution in [0.25, 0.3) is 0 Å². The third-order valence-corrected chi connectivity index (χ3v) is 7.54. The minimum atomic E-state index is -0.0285. The summed E-state index contributed by atoms with van der Waals surface area (Å²) in [6.45, 7) is 11.1. The van der Waals surface area contributed by atoms with Crippen molar-refractivity contribution in [3.63, 3.8) is 0 Å². The SMILES string of the molecule is C=C(/N=C\C1=C(C(C)CC)N(C)CCN(Cc2ccc(OC(CCNC)c3ccccc3)cc2)C1=O)SC. The monoisotopic (exact) mass is 534 g/mol. The number of ether oxygens (including phenoxy) is 1. The Morgan fingerprint density at radius 3 is 2.53 bits per heavy atom. The maximum atomic E-state index is 13.8. The van der Waals surface area contributed by atoms with Gasteiger partial charge in [0.2, 0.25) is 0 Å². The van der Waals surface area contributed by atoms with Gasteiger partial charge in [0.1, 0.15) is 11.9 Å². The first-order chi connectivity index (χ1) is 18.4. The Labute approximate surface area is 232 Å². The lowest BCUT2D eigenvalue weighted by Gasteiger charge is -2.26. The molecule has 1 amide bonds. The van der Waals surface area contributed by atoms with Crippen LogP contribution in [-0.4, -0.2) is 61.9 Å². The molecule has 0 saturated heterocycles. The van der Waals surface area contributed by atoms with Crippen LogP contribution in [0.4, 0.5) is 0 Å². The highest BCUT2D eigenvalue weighted by atomic mass is 32.2. The highest BCUT2D eigenvalue weighted by Gasteiger charge is 2.29. The second-order valence-corrected chi connectivity index (χ2v) is 10.5. The van der Waals surface area contributed by atoms with E-state index in [1.165, 1.54) is 11.8 Å². The molecule has 0 spiro atoms. The number of nitrogens with zero attached hydrogens (tertiary/aromatic N) is 3. The van der Waals surface area contributed by atoms with E-state index in [-0.39, 0.29) is 17.9 Å². The van der Waals surface area contributed by atoms with Crippen molar-refractivity contribution in [3.8, 4) is 5.75 Å². The largest absolute Gasteiger partial charge is 0.486 e. The van der Waals surface area contributed by atoms with E-state index in [9.17, 15) is 4.79 Å². The molecule has 0 radical (unpaired) electrons. The zero-order valence-corrected chi connectivity index (χ0v) is 24.3. The molecule has 2 aromatic carbocycles. The Hall–Kier alpha value is -3.03. The summed E-state index contributed by atoms with van der Waals surface area (Å²) in [6, 6.07) is 18.4. The first-order valence-electron chi connectivity index (χ1n) is 13.3. The molecular weight excluding hydrogens is 492 g/mol. The maximum Gasteiger partial charge on any atom is 0.257 e. The van der Waals surface area contributed by atoms with E-state index >= 15 is 0 Å². The van der Waals surface area contributed by atoms with E-state index in [2.05, 4.69) is 66.9 Å². The molecule has 1 aliphatic heterocycles. The van der Waals surface area contributed by atoms with E-state index in [1.54, 1.807) is 6.21 Å². The number of carbonyl (C=O) groups excluding carboxylic acids is 1. The van der Waals surface area contributed by atoms with E-state index < -0.39 is 0 Å². The van der Waals surface area contributed by atoms with Crippen LogP contribution in [-0.2, 0) is 11.3 Å². The van der Waals surface area contributed by atoms with Crippen LogP contribution in [0.1, 0.15) is 43.9 Å². The average molecular weight is 535 g/mol. The zero-order valence-electron chi connectivity index (χ0n) is 23.4. The van der Waals surface area contributed by atoms with Crippen molar-refractivity contribution in [2.45, 2.75) is 39.3 Å². The van der Waals surface area contributed by atoms with Crippen LogP contribution < -0.4 is 10.1 Å². The molecule has 6 nitrogen and oxygen atoms in total. The molecule has 0 fully saturated rings. The highest BCUT2D eigenvalue weighted by molar-refractivity contribution is 8.02. The number of carbonyl (C=O) groups is 1. The summed E-state index contributed by atoms with van der Waals surface area (Å²) in [4.78, 5) is 22.4. The molecule has 0 aliphatic carbocycles. The number of amides is 1. The van der Waals surface area contributed by atoms with Gasteiger partial charge in [-0.3, -0.25) is 4.79 Å². The van der Waals surface area contributed by atoms with Crippen molar-refractivity contribution in [2.75, 3.05) is 40.0 Å². The quantitative estimate of drug-likeness (QED) is 0.325. The van der Waals surface area contributed by atoms with Crippen LogP contribution in [0, 0.1) is 5.92 Å². The summed E-state index contributed by atoms with van der Waals surface area (Å²) in [6.07, 6.45) is 5.44. The average Bonchev–Trinajstić information content (AvgIpc) is 3.06. The fraction of sp³-hybridized carbons (Fsp3) is 0.419. The summed E-state index contributed by atoms with van der Waals surface area (Å²) in [7, 11) is 4.02. The van der Waals surface area contributed by atoms with Gasteiger partial charge in [-0.25, -0.2) is 4.99 Å². The first-order valence-corrected chi connectivity index (χ1v) is 14.6. The number of benzene rings is 2. The molecule has 1 heterocycles. The van der Waals surface area contributed by atoms with Gasteiger partial charge in [-0.1, -0.05) is 62.9 Å². The van der Waals surface area contributed by atoms with Crippen molar-refractivity contribution in [1.29, 1.82) is 0 Å². The van der Waals surface area contributed by atoms with Crippen molar-refractivity contribution in [3.05, 3.63) is 88.6 Å². The van der Waals surface area contributed by atoms with E-state index in [0.29, 0.717) is 23.7 Å². The topological polar surface area (TPSA) is 57.2 Å². The molecule has 0 bridgehead atoms. The third-order valence-electron chi connectivity index (χ3n) is 6.97. The van der Waals surface area contributed by atoms with Gasteiger partial charge in [0.25, 0.3) is 5.91 Å². The van der Waals surface area contributed by atoms with E-state index in [1.807, 2.05) is 48.5 Å². The molecule has 3 rings (SSSR count). The van der Waals surface area contributed by atoms with Gasteiger partial charge in [0, 0.05) is 45.0 Å². The second-order valence-electron chi connectivity index (χ2n) is 9.67. The van der Waals surface area contributed by atoms with Gasteiger partial charge in [-0.15, -0.1) is 11.8 Å². The molecule has 2 aromatic rings. The predicted octanol–water partition coefficient (Wildman–Crippen LogP) is 5.90. The van der Waals surface area contributed by atoms with Crippen LogP contribution in [0.3, 0.4) is 0 Å². The van der Waals surface area contributed by atoms with Crippen LogP contribution in [0.2, 0.25) is 0 Å². The maximum absolute atomic E-state index is 13.8. The van der Waals surface area contributed by atoms with Crippen molar-refractivity contribution >= 4 is 23.9 Å². The Kier molecular flexibility index (Phi) is 11.5.